The summed E-state index contributed by atoms with van der Waals surface area (Å²) >= 11 is 0. The standard InChI is InChI=1S/C24H24N4O3.C24H26N4O/c29-24(18-11-14-25(15-12-18)22-9-3-4-10-23(22)28(30)31)27-17-20-7-5-13-26(20)16-19-6-1-2-8-21(19)27;25-21-8-2-4-10-23(21)26-14-11-18(12-15-26)24(29)28-17-20-7-5-13-27(20)16-19-6-1-3-9-22(19)28/h1-10,13,18H,11-12,14-17H2;1-10,13,18H,11-12,14-17,25H2. The molecule has 0 spiro atoms. The number of hydrogen-bond donors (Lipinski definition) is 1. The van der Waals surface area contributed by atoms with Crippen molar-refractivity contribution in [3.63, 3.8) is 0 Å². The van der Waals surface area contributed by atoms with E-state index in [9.17, 15) is 19.7 Å². The van der Waals surface area contributed by atoms with E-state index in [1.54, 1.807) is 12.1 Å². The summed E-state index contributed by atoms with van der Waals surface area (Å²) in [7, 11) is 0. The molecule has 6 aromatic rings. The predicted molar refractivity (Wildman–Crippen MR) is 236 cm³/mol. The summed E-state index contributed by atoms with van der Waals surface area (Å²) in [5.74, 6) is 0.344. The van der Waals surface area contributed by atoms with Gasteiger partial charge < -0.3 is 34.5 Å². The zero-order chi connectivity index (χ0) is 41.2. The Morgan fingerprint density at radius 3 is 1.42 bits per heavy atom. The monoisotopic (exact) mass is 802 g/mol. The second kappa shape index (κ2) is 16.8. The van der Waals surface area contributed by atoms with E-state index in [0.717, 1.165) is 73.0 Å². The van der Waals surface area contributed by atoms with Crippen molar-refractivity contribution in [3.05, 3.63) is 166 Å². The van der Waals surface area contributed by atoms with Crippen molar-refractivity contribution < 1.29 is 14.5 Å². The molecule has 0 aliphatic carbocycles. The molecule has 12 heteroatoms. The van der Waals surface area contributed by atoms with Gasteiger partial charge in [0, 0.05) is 92.3 Å². The number of carbonyl (C=O) groups is 2. The minimum atomic E-state index is -0.337. The number of fused-ring (bicyclic) bond motifs is 4. The summed E-state index contributed by atoms with van der Waals surface area (Å²) < 4.78 is 4.44. The van der Waals surface area contributed by atoms with Gasteiger partial charge in [-0.05, 0) is 91.4 Å². The number of nitrogen functional groups attached to an aromatic ring is 1. The molecule has 0 saturated carbocycles. The molecule has 0 radical (unpaired) electrons. The number of carbonyl (C=O) groups excluding carboxylic acids is 2. The second-order valence-electron chi connectivity index (χ2n) is 16.2. The van der Waals surface area contributed by atoms with E-state index in [2.05, 4.69) is 75.0 Å². The Hall–Kier alpha value is -6.82. The van der Waals surface area contributed by atoms with Crippen LogP contribution in [-0.4, -0.2) is 52.1 Å². The summed E-state index contributed by atoms with van der Waals surface area (Å²) in [6.07, 6.45) is 7.24. The first kappa shape index (κ1) is 38.7. The zero-order valence-electron chi connectivity index (χ0n) is 33.7. The Labute approximate surface area is 350 Å². The molecule has 10 rings (SSSR count). The third kappa shape index (κ3) is 7.72. The minimum absolute atomic E-state index is 0.0470. The number of rotatable bonds is 5. The molecule has 2 N–H and O–H groups in total. The highest BCUT2D eigenvalue weighted by Gasteiger charge is 2.34. The quantitative estimate of drug-likeness (QED) is 0.106. The number of hydrogen-bond acceptors (Lipinski definition) is 7. The minimum Gasteiger partial charge on any atom is -0.397 e. The Morgan fingerprint density at radius 1 is 0.517 bits per heavy atom. The molecular formula is C48H50N8O4. The molecule has 306 valence electrons. The number of nitrogens with zero attached hydrogens (tertiary/aromatic N) is 7. The van der Waals surface area contributed by atoms with Gasteiger partial charge in [0.2, 0.25) is 11.8 Å². The van der Waals surface area contributed by atoms with Gasteiger partial charge >= 0.3 is 0 Å². The average Bonchev–Trinajstić information content (AvgIpc) is 3.85. The maximum Gasteiger partial charge on any atom is 0.292 e. The van der Waals surface area contributed by atoms with Crippen LogP contribution < -0.4 is 25.3 Å². The Morgan fingerprint density at radius 2 is 0.933 bits per heavy atom. The van der Waals surface area contributed by atoms with Crippen LogP contribution in [0.15, 0.2) is 134 Å². The molecule has 4 aliphatic rings. The van der Waals surface area contributed by atoms with Crippen LogP contribution in [0.4, 0.5) is 34.1 Å². The summed E-state index contributed by atoms with van der Waals surface area (Å²) in [5.41, 5.74) is 15.5. The molecule has 2 aromatic heterocycles. The van der Waals surface area contributed by atoms with Crippen LogP contribution in [0.1, 0.15) is 48.2 Å². The second-order valence-corrected chi connectivity index (χ2v) is 16.2. The zero-order valence-corrected chi connectivity index (χ0v) is 33.7. The van der Waals surface area contributed by atoms with Gasteiger partial charge in [-0.25, -0.2) is 0 Å². The molecular weight excluding hydrogens is 753 g/mol. The molecule has 2 amide bonds. The number of benzene rings is 4. The third-order valence-corrected chi connectivity index (χ3v) is 12.7. The molecule has 2 saturated heterocycles. The molecule has 0 bridgehead atoms. The molecule has 0 unspecified atom stereocenters. The van der Waals surface area contributed by atoms with Gasteiger partial charge in [0.1, 0.15) is 5.69 Å². The molecule has 6 heterocycles. The molecule has 4 aromatic carbocycles. The van der Waals surface area contributed by atoms with Crippen molar-refractivity contribution in [2.45, 2.75) is 51.9 Å². The van der Waals surface area contributed by atoms with Crippen LogP contribution in [-0.2, 0) is 35.8 Å². The molecule has 60 heavy (non-hydrogen) atoms. The van der Waals surface area contributed by atoms with Crippen molar-refractivity contribution in [2.24, 2.45) is 11.8 Å². The van der Waals surface area contributed by atoms with Gasteiger partial charge in [-0.2, -0.15) is 0 Å². The topological polar surface area (TPSA) is 126 Å². The maximum atomic E-state index is 13.6. The lowest BCUT2D eigenvalue weighted by atomic mass is 9.94. The van der Waals surface area contributed by atoms with Crippen molar-refractivity contribution in [1.29, 1.82) is 0 Å². The van der Waals surface area contributed by atoms with E-state index >= 15 is 0 Å². The first-order chi connectivity index (χ1) is 29.3. The number of amides is 2. The fourth-order valence-corrected chi connectivity index (χ4v) is 9.40. The normalized spacial score (nSPS) is 16.6. The highest BCUT2D eigenvalue weighted by Crippen LogP contribution is 2.36. The van der Waals surface area contributed by atoms with Crippen molar-refractivity contribution >= 4 is 45.9 Å². The predicted octanol–water partition coefficient (Wildman–Crippen LogP) is 8.09. The van der Waals surface area contributed by atoms with Crippen LogP contribution in [0, 0.1) is 22.0 Å². The highest BCUT2D eigenvalue weighted by atomic mass is 16.6. The lowest BCUT2D eigenvalue weighted by Gasteiger charge is -2.36. The van der Waals surface area contributed by atoms with E-state index in [1.807, 2.05) is 69.3 Å². The van der Waals surface area contributed by atoms with Gasteiger partial charge in [0.05, 0.1) is 29.4 Å². The number of aromatic nitrogens is 2. The van der Waals surface area contributed by atoms with Gasteiger partial charge in [-0.1, -0.05) is 60.7 Å². The first-order valence-electron chi connectivity index (χ1n) is 21.0. The SMILES string of the molecule is Nc1ccccc1N1CCC(C(=O)N2Cc3cccn3Cc3ccccc32)CC1.O=C(C1CCN(c2ccccc2[N+](=O)[O-])CC1)N1Cc2cccn2Cc2ccccc21. The van der Waals surface area contributed by atoms with E-state index in [0.29, 0.717) is 44.7 Å². The lowest BCUT2D eigenvalue weighted by molar-refractivity contribution is -0.384. The summed E-state index contributed by atoms with van der Waals surface area (Å²) in [6, 6.07) is 39.5. The summed E-state index contributed by atoms with van der Waals surface area (Å²) in [4.78, 5) is 46.5. The van der Waals surface area contributed by atoms with Gasteiger partial charge in [-0.15, -0.1) is 0 Å². The number of anilines is 5. The van der Waals surface area contributed by atoms with Crippen LogP contribution in [0.2, 0.25) is 0 Å². The average molecular weight is 803 g/mol. The van der Waals surface area contributed by atoms with Crippen molar-refractivity contribution in [2.75, 3.05) is 51.5 Å². The number of nitrogens with two attached hydrogens (primary N) is 1. The fourth-order valence-electron chi connectivity index (χ4n) is 9.40. The smallest absolute Gasteiger partial charge is 0.292 e. The number of nitro benzene ring substituents is 1. The number of para-hydroxylation sites is 6. The molecule has 12 nitrogen and oxygen atoms in total. The summed E-state index contributed by atoms with van der Waals surface area (Å²) in [5, 5.41) is 11.4. The molecule has 4 aliphatic heterocycles. The van der Waals surface area contributed by atoms with Gasteiger partial charge in [0.25, 0.3) is 5.69 Å². The summed E-state index contributed by atoms with van der Waals surface area (Å²) in [6.45, 7) is 5.75. The van der Waals surface area contributed by atoms with E-state index in [4.69, 9.17) is 5.73 Å². The third-order valence-electron chi connectivity index (χ3n) is 12.7. The van der Waals surface area contributed by atoms with Crippen LogP contribution in [0.5, 0.6) is 0 Å². The molecule has 2 fully saturated rings. The van der Waals surface area contributed by atoms with Crippen LogP contribution in [0.3, 0.4) is 0 Å². The Balaban J connectivity index is 0.000000154. The van der Waals surface area contributed by atoms with Crippen LogP contribution >= 0.6 is 0 Å². The Kier molecular flexibility index (Phi) is 10.8. The first-order valence-corrected chi connectivity index (χ1v) is 21.0. The van der Waals surface area contributed by atoms with E-state index in [-0.39, 0.29) is 34.3 Å². The van der Waals surface area contributed by atoms with Crippen molar-refractivity contribution in [1.82, 2.24) is 9.13 Å². The van der Waals surface area contributed by atoms with Crippen molar-refractivity contribution in [3.8, 4) is 0 Å². The number of piperidine rings is 2. The van der Waals surface area contributed by atoms with E-state index in [1.165, 1.54) is 17.3 Å². The number of nitro groups is 1. The molecule has 0 atom stereocenters. The van der Waals surface area contributed by atoms with E-state index < -0.39 is 0 Å². The van der Waals surface area contributed by atoms with Gasteiger partial charge in [0.15, 0.2) is 0 Å². The fraction of sp³-hybridized carbons (Fsp3) is 0.292. The van der Waals surface area contributed by atoms with Gasteiger partial charge in [-0.3, -0.25) is 19.7 Å². The van der Waals surface area contributed by atoms with Crippen LogP contribution in [0.25, 0.3) is 0 Å². The lowest BCUT2D eigenvalue weighted by Crippen LogP contribution is -2.42. The largest absolute Gasteiger partial charge is 0.397 e. The Bertz CT molecular complexity index is 2510. The maximum absolute atomic E-state index is 13.6. The highest BCUT2D eigenvalue weighted by molar-refractivity contribution is 5.97.